The van der Waals surface area contributed by atoms with Gasteiger partial charge in [-0.2, -0.15) is 0 Å². The molecule has 0 spiro atoms. The van der Waals surface area contributed by atoms with Gasteiger partial charge in [0.25, 0.3) is 0 Å². The van der Waals surface area contributed by atoms with Crippen molar-refractivity contribution >= 4 is 41.8 Å². The van der Waals surface area contributed by atoms with Crippen LogP contribution in [0.5, 0.6) is 0 Å². The molecule has 1 atom stereocenters. The fourth-order valence-electron chi connectivity index (χ4n) is 3.58. The van der Waals surface area contributed by atoms with Gasteiger partial charge in [-0.1, -0.05) is 0 Å². The molecule has 9 heteroatoms. The van der Waals surface area contributed by atoms with E-state index in [0.29, 0.717) is 30.9 Å². The molecule has 3 heterocycles. The number of piperazine rings is 1. The van der Waals surface area contributed by atoms with Crippen LogP contribution in [0.15, 0.2) is 23.5 Å². The minimum atomic E-state index is 0. The molecule has 26 heavy (non-hydrogen) atoms. The van der Waals surface area contributed by atoms with Crippen LogP contribution in [0.3, 0.4) is 0 Å². The standard InChI is InChI=1S/C17H25N7O.HI/c18-16(21-11-13-10-15(25)24(12-13)14-2-3-14)22-6-8-23(9-7-22)17-19-4-1-5-20-17;/h1,4-5,13-14H,2-3,6-12H2,(H2,18,21);1H. The van der Waals surface area contributed by atoms with Crippen LogP contribution in [0.1, 0.15) is 19.3 Å². The lowest BCUT2D eigenvalue weighted by atomic mass is 10.1. The second-order valence-electron chi connectivity index (χ2n) is 7.07. The Bertz CT molecular complexity index is 644. The number of halogens is 1. The minimum Gasteiger partial charge on any atom is -0.370 e. The maximum absolute atomic E-state index is 12.0. The summed E-state index contributed by atoms with van der Waals surface area (Å²) in [5.74, 6) is 1.96. The molecule has 1 unspecified atom stereocenters. The Labute approximate surface area is 170 Å². The molecule has 0 radical (unpaired) electrons. The Morgan fingerprint density at radius 2 is 1.88 bits per heavy atom. The highest BCUT2D eigenvalue weighted by Crippen LogP contribution is 2.32. The number of amides is 1. The molecule has 1 amide bonds. The third-order valence-corrected chi connectivity index (χ3v) is 5.18. The molecule has 8 nitrogen and oxygen atoms in total. The van der Waals surface area contributed by atoms with Gasteiger partial charge in [0, 0.05) is 70.0 Å². The Morgan fingerprint density at radius 3 is 2.54 bits per heavy atom. The number of likely N-dealkylation sites (tertiary alicyclic amines) is 1. The molecular weight excluding hydrogens is 445 g/mol. The number of nitrogens with zero attached hydrogens (tertiary/aromatic N) is 6. The van der Waals surface area contributed by atoms with Gasteiger partial charge in [-0.25, -0.2) is 9.97 Å². The van der Waals surface area contributed by atoms with Gasteiger partial charge in [-0.3, -0.25) is 9.79 Å². The summed E-state index contributed by atoms with van der Waals surface area (Å²) >= 11 is 0. The first-order valence-corrected chi connectivity index (χ1v) is 9.07. The highest BCUT2D eigenvalue weighted by Gasteiger charge is 2.39. The third kappa shape index (κ3) is 4.36. The fourth-order valence-corrected chi connectivity index (χ4v) is 3.58. The van der Waals surface area contributed by atoms with Gasteiger partial charge in [-0.05, 0) is 18.9 Å². The molecule has 142 valence electrons. The van der Waals surface area contributed by atoms with E-state index in [9.17, 15) is 4.79 Å². The summed E-state index contributed by atoms with van der Waals surface area (Å²) in [5.41, 5.74) is 6.18. The number of hydrogen-bond donors (Lipinski definition) is 1. The predicted octanol–water partition coefficient (Wildman–Crippen LogP) is 0.542. The zero-order valence-corrected chi connectivity index (χ0v) is 17.2. The van der Waals surface area contributed by atoms with E-state index in [1.165, 1.54) is 12.8 Å². The van der Waals surface area contributed by atoms with Crippen LogP contribution in [0.2, 0.25) is 0 Å². The Balaban J connectivity index is 0.00000196. The molecule has 2 N–H and O–H groups in total. The normalized spacial score (nSPS) is 24.0. The Morgan fingerprint density at radius 1 is 1.19 bits per heavy atom. The Hall–Kier alpha value is -1.65. The van der Waals surface area contributed by atoms with Crippen LogP contribution in [0.25, 0.3) is 0 Å². The van der Waals surface area contributed by atoms with Gasteiger partial charge in [0.2, 0.25) is 11.9 Å². The SMILES string of the molecule is I.NC(=NCC1CC(=O)N(C2CC2)C1)N1CCN(c2ncccn2)CC1. The molecule has 1 saturated carbocycles. The van der Waals surface area contributed by atoms with E-state index >= 15 is 0 Å². The topological polar surface area (TPSA) is 91.0 Å². The van der Waals surface area contributed by atoms with Crippen molar-refractivity contribution in [2.45, 2.75) is 25.3 Å². The van der Waals surface area contributed by atoms with E-state index < -0.39 is 0 Å². The van der Waals surface area contributed by atoms with E-state index in [-0.39, 0.29) is 29.9 Å². The van der Waals surface area contributed by atoms with Crippen LogP contribution >= 0.6 is 24.0 Å². The molecule has 1 aliphatic carbocycles. The second-order valence-corrected chi connectivity index (χ2v) is 7.07. The number of carbonyl (C=O) groups is 1. The van der Waals surface area contributed by atoms with Crippen molar-refractivity contribution in [3.8, 4) is 0 Å². The van der Waals surface area contributed by atoms with Crippen molar-refractivity contribution in [3.05, 3.63) is 18.5 Å². The van der Waals surface area contributed by atoms with Gasteiger partial charge < -0.3 is 20.4 Å². The molecule has 1 aromatic heterocycles. The van der Waals surface area contributed by atoms with Gasteiger partial charge >= 0.3 is 0 Å². The van der Waals surface area contributed by atoms with E-state index in [2.05, 4.69) is 24.8 Å². The average Bonchev–Trinajstić information content (AvgIpc) is 3.43. The lowest BCUT2D eigenvalue weighted by Crippen LogP contribution is -2.51. The molecule has 3 fully saturated rings. The van der Waals surface area contributed by atoms with Gasteiger partial charge in [0.05, 0.1) is 0 Å². The van der Waals surface area contributed by atoms with Crippen molar-refractivity contribution < 1.29 is 4.79 Å². The van der Waals surface area contributed by atoms with Crippen LogP contribution in [-0.2, 0) is 4.79 Å². The van der Waals surface area contributed by atoms with Crippen molar-refractivity contribution in [2.75, 3.05) is 44.2 Å². The lowest BCUT2D eigenvalue weighted by molar-refractivity contribution is -0.128. The van der Waals surface area contributed by atoms with Crippen molar-refractivity contribution in [3.63, 3.8) is 0 Å². The molecule has 2 saturated heterocycles. The molecule has 0 bridgehead atoms. The van der Waals surface area contributed by atoms with Crippen LogP contribution < -0.4 is 10.6 Å². The summed E-state index contributed by atoms with van der Waals surface area (Å²) in [4.78, 5) is 31.5. The third-order valence-electron chi connectivity index (χ3n) is 5.18. The minimum absolute atomic E-state index is 0. The number of nitrogens with two attached hydrogens (primary N) is 1. The second kappa shape index (κ2) is 8.36. The predicted molar refractivity (Wildman–Crippen MR) is 111 cm³/mol. The summed E-state index contributed by atoms with van der Waals surface area (Å²) in [5, 5.41) is 0. The van der Waals surface area contributed by atoms with E-state index in [1.807, 2.05) is 11.0 Å². The quantitative estimate of drug-likeness (QED) is 0.392. The van der Waals surface area contributed by atoms with Crippen LogP contribution in [-0.4, -0.2) is 76.9 Å². The van der Waals surface area contributed by atoms with Gasteiger partial charge in [0.15, 0.2) is 5.96 Å². The number of carbonyl (C=O) groups excluding carboxylic acids is 1. The Kier molecular flexibility index (Phi) is 6.15. The van der Waals surface area contributed by atoms with E-state index in [0.717, 1.165) is 38.7 Å². The molecule has 3 aliphatic rings. The molecular formula is C17H26IN7O. The number of anilines is 1. The first kappa shape index (κ1) is 19.1. The lowest BCUT2D eigenvalue weighted by Gasteiger charge is -2.35. The van der Waals surface area contributed by atoms with E-state index in [4.69, 9.17) is 5.73 Å². The summed E-state index contributed by atoms with van der Waals surface area (Å²) < 4.78 is 0. The van der Waals surface area contributed by atoms with Crippen molar-refractivity contribution in [1.82, 2.24) is 19.8 Å². The average molecular weight is 471 g/mol. The molecule has 2 aliphatic heterocycles. The van der Waals surface area contributed by atoms with Gasteiger partial charge in [-0.15, -0.1) is 24.0 Å². The largest absolute Gasteiger partial charge is 0.370 e. The highest BCUT2D eigenvalue weighted by atomic mass is 127. The number of guanidine groups is 1. The zero-order valence-electron chi connectivity index (χ0n) is 14.8. The first-order valence-electron chi connectivity index (χ1n) is 9.07. The summed E-state index contributed by atoms with van der Waals surface area (Å²) in [6.45, 7) is 4.77. The van der Waals surface area contributed by atoms with Crippen LogP contribution in [0, 0.1) is 5.92 Å². The number of aromatic nitrogens is 2. The number of aliphatic imine (C=N–C) groups is 1. The highest BCUT2D eigenvalue weighted by molar-refractivity contribution is 14.0. The smallest absolute Gasteiger partial charge is 0.225 e. The maximum atomic E-state index is 12.0. The van der Waals surface area contributed by atoms with Crippen molar-refractivity contribution in [1.29, 1.82) is 0 Å². The molecule has 0 aromatic carbocycles. The zero-order chi connectivity index (χ0) is 17.2. The maximum Gasteiger partial charge on any atom is 0.225 e. The van der Waals surface area contributed by atoms with Crippen LogP contribution in [0.4, 0.5) is 5.95 Å². The van der Waals surface area contributed by atoms with Gasteiger partial charge in [0.1, 0.15) is 0 Å². The molecule has 4 rings (SSSR count). The monoisotopic (exact) mass is 471 g/mol. The number of rotatable bonds is 4. The summed E-state index contributed by atoms with van der Waals surface area (Å²) in [6.07, 6.45) is 6.47. The first-order chi connectivity index (χ1) is 12.2. The number of hydrogen-bond acceptors (Lipinski definition) is 5. The van der Waals surface area contributed by atoms with Crippen molar-refractivity contribution in [2.24, 2.45) is 16.6 Å². The van der Waals surface area contributed by atoms with E-state index in [1.54, 1.807) is 12.4 Å². The fraction of sp³-hybridized carbons (Fsp3) is 0.647. The molecule has 1 aromatic rings. The summed E-state index contributed by atoms with van der Waals surface area (Å²) in [6, 6.07) is 2.33. The summed E-state index contributed by atoms with van der Waals surface area (Å²) in [7, 11) is 0.